The van der Waals surface area contributed by atoms with Crippen molar-refractivity contribution in [2.75, 3.05) is 0 Å². The van der Waals surface area contributed by atoms with Gasteiger partial charge in [0.15, 0.2) is 0 Å². The Hall–Kier alpha value is -0.560. The molecule has 1 N–H and O–H groups in total. The van der Waals surface area contributed by atoms with Crippen LogP contribution in [0.15, 0.2) is 24.8 Å². The minimum absolute atomic E-state index is 0.150. The lowest BCUT2D eigenvalue weighted by molar-refractivity contribution is 0.163. The van der Waals surface area contributed by atoms with E-state index < -0.39 is 0 Å². The van der Waals surface area contributed by atoms with E-state index in [1.165, 1.54) is 51.4 Å². The number of hydrogen-bond acceptors (Lipinski definition) is 1. The van der Waals surface area contributed by atoms with E-state index in [-0.39, 0.29) is 6.10 Å². The second-order valence-corrected chi connectivity index (χ2v) is 6.30. The van der Waals surface area contributed by atoms with Gasteiger partial charge < -0.3 is 5.11 Å². The van der Waals surface area contributed by atoms with Gasteiger partial charge >= 0.3 is 0 Å². The van der Waals surface area contributed by atoms with E-state index in [2.05, 4.69) is 32.6 Å². The monoisotopic (exact) mass is 294 g/mol. The fraction of sp³-hybridized carbons (Fsp3) is 0.800. The Morgan fingerprint density at radius 2 is 1.48 bits per heavy atom. The molecule has 0 heterocycles. The third-order valence-electron chi connectivity index (χ3n) is 4.11. The Morgan fingerprint density at radius 1 is 0.857 bits per heavy atom. The summed E-state index contributed by atoms with van der Waals surface area (Å²) in [5, 5.41) is 9.97. The predicted octanol–water partition coefficient (Wildman–Crippen LogP) is 6.43. The van der Waals surface area contributed by atoms with Crippen molar-refractivity contribution in [1.82, 2.24) is 0 Å². The standard InChI is InChI=1S/C20H38O/c1-4-7-9-11-15-19(14-6-3)16-13-18-20(21)17-12-10-8-5-2/h6,13,16,19-21H,3-5,7-12,14-15,17-18H2,1-2H3/b16-13+. The average molecular weight is 295 g/mol. The molecule has 21 heavy (non-hydrogen) atoms. The summed E-state index contributed by atoms with van der Waals surface area (Å²) < 4.78 is 0. The minimum Gasteiger partial charge on any atom is -0.393 e. The summed E-state index contributed by atoms with van der Waals surface area (Å²) in [6, 6.07) is 0. The van der Waals surface area contributed by atoms with Crippen LogP contribution in [0.25, 0.3) is 0 Å². The molecule has 0 bridgehead atoms. The molecule has 2 unspecified atom stereocenters. The van der Waals surface area contributed by atoms with Crippen molar-refractivity contribution >= 4 is 0 Å². The van der Waals surface area contributed by atoms with Crippen molar-refractivity contribution in [3.8, 4) is 0 Å². The van der Waals surface area contributed by atoms with Gasteiger partial charge in [-0.15, -0.1) is 6.58 Å². The number of rotatable bonds is 15. The Labute approximate surface area is 133 Å². The molecule has 0 saturated heterocycles. The Kier molecular flexibility index (Phi) is 15.4. The van der Waals surface area contributed by atoms with E-state index in [1.54, 1.807) is 0 Å². The Balaban J connectivity index is 3.82. The summed E-state index contributed by atoms with van der Waals surface area (Å²) in [6.07, 6.45) is 20.7. The van der Waals surface area contributed by atoms with Crippen LogP contribution in [0.2, 0.25) is 0 Å². The topological polar surface area (TPSA) is 20.2 Å². The van der Waals surface area contributed by atoms with Crippen LogP contribution in [0.5, 0.6) is 0 Å². The number of unbranched alkanes of at least 4 members (excludes halogenated alkanes) is 6. The van der Waals surface area contributed by atoms with Crippen LogP contribution in [0.1, 0.15) is 90.9 Å². The van der Waals surface area contributed by atoms with Gasteiger partial charge in [-0.25, -0.2) is 0 Å². The van der Waals surface area contributed by atoms with E-state index in [4.69, 9.17) is 0 Å². The quantitative estimate of drug-likeness (QED) is 0.273. The molecule has 0 spiro atoms. The minimum atomic E-state index is -0.150. The number of aliphatic hydroxyl groups is 1. The van der Waals surface area contributed by atoms with Gasteiger partial charge in [-0.05, 0) is 31.6 Å². The maximum Gasteiger partial charge on any atom is 0.0574 e. The molecular weight excluding hydrogens is 256 g/mol. The zero-order valence-electron chi connectivity index (χ0n) is 14.5. The lowest BCUT2D eigenvalue weighted by atomic mass is 9.96. The molecule has 0 rings (SSSR count). The van der Waals surface area contributed by atoms with Gasteiger partial charge in [-0.3, -0.25) is 0 Å². The summed E-state index contributed by atoms with van der Waals surface area (Å²) in [6.45, 7) is 8.34. The Bertz CT molecular complexity index is 244. The van der Waals surface area contributed by atoms with Gasteiger partial charge in [0.2, 0.25) is 0 Å². The number of aliphatic hydroxyl groups excluding tert-OH is 1. The first-order valence-electron chi connectivity index (χ1n) is 9.20. The molecule has 0 aromatic carbocycles. The first kappa shape index (κ1) is 20.4. The third kappa shape index (κ3) is 14.2. The normalized spacial score (nSPS) is 14.4. The predicted molar refractivity (Wildman–Crippen MR) is 95.6 cm³/mol. The SMILES string of the molecule is C=CCC(/C=C/CC(O)CCCCCC)CCCCCC. The fourth-order valence-electron chi connectivity index (χ4n) is 2.69. The van der Waals surface area contributed by atoms with Gasteiger partial charge in [0.05, 0.1) is 6.10 Å². The molecule has 1 nitrogen and oxygen atoms in total. The summed E-state index contributed by atoms with van der Waals surface area (Å²) in [5.74, 6) is 0.617. The lowest BCUT2D eigenvalue weighted by Gasteiger charge is -2.11. The van der Waals surface area contributed by atoms with Gasteiger partial charge in [0.25, 0.3) is 0 Å². The van der Waals surface area contributed by atoms with Crippen LogP contribution < -0.4 is 0 Å². The summed E-state index contributed by atoms with van der Waals surface area (Å²) in [5.41, 5.74) is 0. The largest absolute Gasteiger partial charge is 0.393 e. The van der Waals surface area contributed by atoms with Gasteiger partial charge in [0, 0.05) is 0 Å². The molecule has 0 aromatic heterocycles. The van der Waals surface area contributed by atoms with Crippen LogP contribution in [-0.4, -0.2) is 11.2 Å². The highest BCUT2D eigenvalue weighted by Gasteiger charge is 2.04. The maximum absolute atomic E-state index is 9.97. The molecule has 2 atom stereocenters. The van der Waals surface area contributed by atoms with Crippen molar-refractivity contribution in [3.63, 3.8) is 0 Å². The second kappa shape index (κ2) is 15.8. The van der Waals surface area contributed by atoms with E-state index in [0.717, 1.165) is 25.7 Å². The van der Waals surface area contributed by atoms with E-state index >= 15 is 0 Å². The molecule has 124 valence electrons. The average Bonchev–Trinajstić information content (AvgIpc) is 2.48. The zero-order valence-corrected chi connectivity index (χ0v) is 14.5. The van der Waals surface area contributed by atoms with Crippen molar-refractivity contribution in [2.24, 2.45) is 5.92 Å². The van der Waals surface area contributed by atoms with E-state index in [9.17, 15) is 5.11 Å². The zero-order chi connectivity index (χ0) is 15.8. The summed E-state index contributed by atoms with van der Waals surface area (Å²) in [4.78, 5) is 0. The number of hydrogen-bond donors (Lipinski definition) is 1. The molecule has 0 saturated carbocycles. The van der Waals surface area contributed by atoms with Gasteiger partial charge in [0.1, 0.15) is 0 Å². The highest BCUT2D eigenvalue weighted by atomic mass is 16.3. The van der Waals surface area contributed by atoms with Crippen molar-refractivity contribution in [2.45, 2.75) is 97.0 Å². The van der Waals surface area contributed by atoms with Gasteiger partial charge in [-0.1, -0.05) is 83.4 Å². The van der Waals surface area contributed by atoms with Crippen LogP contribution in [0.4, 0.5) is 0 Å². The second-order valence-electron chi connectivity index (χ2n) is 6.30. The molecular formula is C20H38O. The van der Waals surface area contributed by atoms with E-state index in [0.29, 0.717) is 5.92 Å². The molecule has 0 aliphatic heterocycles. The molecule has 0 aliphatic rings. The number of allylic oxidation sites excluding steroid dienone is 2. The lowest BCUT2D eigenvalue weighted by Crippen LogP contribution is -2.05. The fourth-order valence-corrected chi connectivity index (χ4v) is 2.69. The van der Waals surface area contributed by atoms with Crippen molar-refractivity contribution in [3.05, 3.63) is 24.8 Å². The first-order chi connectivity index (χ1) is 10.2. The smallest absolute Gasteiger partial charge is 0.0574 e. The molecule has 0 radical (unpaired) electrons. The molecule has 0 aliphatic carbocycles. The van der Waals surface area contributed by atoms with Crippen molar-refractivity contribution in [1.29, 1.82) is 0 Å². The van der Waals surface area contributed by atoms with Crippen LogP contribution >= 0.6 is 0 Å². The highest BCUT2D eigenvalue weighted by molar-refractivity contribution is 4.92. The molecule has 0 aromatic rings. The summed E-state index contributed by atoms with van der Waals surface area (Å²) in [7, 11) is 0. The molecule has 0 amide bonds. The van der Waals surface area contributed by atoms with Crippen LogP contribution in [0, 0.1) is 5.92 Å². The van der Waals surface area contributed by atoms with Crippen LogP contribution in [-0.2, 0) is 0 Å². The van der Waals surface area contributed by atoms with Crippen molar-refractivity contribution < 1.29 is 5.11 Å². The third-order valence-corrected chi connectivity index (χ3v) is 4.11. The van der Waals surface area contributed by atoms with Crippen LogP contribution in [0.3, 0.4) is 0 Å². The first-order valence-corrected chi connectivity index (χ1v) is 9.20. The Morgan fingerprint density at radius 3 is 2.05 bits per heavy atom. The highest BCUT2D eigenvalue weighted by Crippen LogP contribution is 2.17. The molecule has 1 heteroatoms. The van der Waals surface area contributed by atoms with Gasteiger partial charge in [-0.2, -0.15) is 0 Å². The maximum atomic E-state index is 9.97. The molecule has 0 fully saturated rings. The van der Waals surface area contributed by atoms with E-state index in [1.807, 2.05) is 6.08 Å². The summed E-state index contributed by atoms with van der Waals surface area (Å²) >= 11 is 0.